The minimum atomic E-state index is -0.214. The highest BCUT2D eigenvalue weighted by molar-refractivity contribution is 7.17. The Morgan fingerprint density at radius 3 is 2.31 bits per heavy atom. The van der Waals surface area contributed by atoms with Gasteiger partial charge in [-0.2, -0.15) is 5.10 Å². The van der Waals surface area contributed by atoms with Crippen LogP contribution in [0, 0.1) is 20.8 Å². The Balaban J connectivity index is 1.54. The average molecular weight is 452 g/mol. The first-order chi connectivity index (χ1) is 15.3. The zero-order valence-electron chi connectivity index (χ0n) is 19.1. The molecule has 1 amide bonds. The van der Waals surface area contributed by atoms with E-state index >= 15 is 0 Å². The van der Waals surface area contributed by atoms with Crippen LogP contribution in [0.5, 0.6) is 0 Å². The maximum Gasteiger partial charge on any atom is 0.277 e. The van der Waals surface area contributed by atoms with Crippen LogP contribution in [0.25, 0.3) is 10.6 Å². The number of amides is 1. The predicted octanol–water partition coefficient (Wildman–Crippen LogP) is 4.46. The number of aryl methyl sites for hydroxylation is 3. The van der Waals surface area contributed by atoms with Crippen molar-refractivity contribution in [3.63, 3.8) is 0 Å². The van der Waals surface area contributed by atoms with E-state index in [-0.39, 0.29) is 11.5 Å². The minimum absolute atomic E-state index is 0.210. The molecule has 1 aromatic carbocycles. The number of nitrogens with one attached hydrogen (secondary N) is 1. The summed E-state index contributed by atoms with van der Waals surface area (Å²) in [6.45, 7) is 7.69. The van der Waals surface area contributed by atoms with E-state index in [4.69, 9.17) is 0 Å². The van der Waals surface area contributed by atoms with E-state index < -0.39 is 0 Å². The smallest absolute Gasteiger partial charge is 0.277 e. The molecule has 0 aliphatic carbocycles. The molecule has 0 spiro atoms. The Bertz CT molecular complexity index is 1190. The average Bonchev–Trinajstić information content (AvgIpc) is 2.97. The van der Waals surface area contributed by atoms with Crippen molar-refractivity contribution in [1.29, 1.82) is 0 Å². The highest BCUT2D eigenvalue weighted by Gasteiger charge is 2.21. The molecule has 32 heavy (non-hydrogen) atoms. The fourth-order valence-corrected chi connectivity index (χ4v) is 5.14. The Labute approximate surface area is 192 Å². The third-order valence-corrected chi connectivity index (χ3v) is 7.21. The Kier molecular flexibility index (Phi) is 6.41. The lowest BCUT2D eigenvalue weighted by atomic mass is 10.1. The molecule has 0 bridgehead atoms. The van der Waals surface area contributed by atoms with Gasteiger partial charge in [-0.1, -0.05) is 12.8 Å². The second-order valence-electron chi connectivity index (χ2n) is 8.35. The van der Waals surface area contributed by atoms with E-state index in [0.717, 1.165) is 30.0 Å². The van der Waals surface area contributed by atoms with Crippen LogP contribution < -0.4 is 15.8 Å². The second-order valence-corrected chi connectivity index (χ2v) is 9.35. The van der Waals surface area contributed by atoms with Gasteiger partial charge in [0.2, 0.25) is 0 Å². The molecule has 168 valence electrons. The van der Waals surface area contributed by atoms with E-state index in [0.29, 0.717) is 21.1 Å². The summed E-state index contributed by atoms with van der Waals surface area (Å²) >= 11 is 1.24. The van der Waals surface area contributed by atoms with Crippen LogP contribution >= 0.6 is 11.3 Å². The van der Waals surface area contributed by atoms with E-state index in [1.807, 2.05) is 26.0 Å². The van der Waals surface area contributed by atoms with Crippen LogP contribution in [0.3, 0.4) is 0 Å². The molecule has 1 aliphatic rings. The predicted molar refractivity (Wildman–Crippen MR) is 130 cm³/mol. The van der Waals surface area contributed by atoms with Crippen LogP contribution in [0.1, 0.15) is 52.3 Å². The van der Waals surface area contributed by atoms with Crippen LogP contribution in [-0.4, -0.2) is 33.8 Å². The fraction of sp³-hybridized carbons (Fsp3) is 0.417. The molecule has 3 aromatic rings. The van der Waals surface area contributed by atoms with Gasteiger partial charge in [-0.25, -0.2) is 9.67 Å². The van der Waals surface area contributed by atoms with Gasteiger partial charge in [-0.05, 0) is 63.4 Å². The van der Waals surface area contributed by atoms with Crippen LogP contribution in [0.15, 0.2) is 29.1 Å². The molecule has 0 radical (unpaired) electrons. The summed E-state index contributed by atoms with van der Waals surface area (Å²) in [6, 6.07) is 8.03. The third-order valence-electron chi connectivity index (χ3n) is 6.04. The second kappa shape index (κ2) is 9.24. The molecule has 7 nitrogen and oxygen atoms in total. The molecule has 0 atom stereocenters. The molecule has 2 aromatic heterocycles. The standard InChI is InChI=1S/C24H29N5O2S/c1-15-16(2)27-28(4)24(31)20(15)23-25-17(3)21(32-23)22(30)26-18-9-11-19(12-10-18)29-13-7-5-6-8-14-29/h9-12H,5-8,13-14H2,1-4H3,(H,26,30). The number of carbonyl (C=O) groups excluding carboxylic acids is 1. The molecular weight excluding hydrogens is 422 g/mol. The summed E-state index contributed by atoms with van der Waals surface area (Å²) < 4.78 is 1.32. The van der Waals surface area contributed by atoms with Crippen molar-refractivity contribution in [2.45, 2.75) is 46.5 Å². The molecule has 1 saturated heterocycles. The lowest BCUT2D eigenvalue weighted by Gasteiger charge is -2.22. The first kappa shape index (κ1) is 22.2. The number of aromatic nitrogens is 3. The Hall–Kier alpha value is -3.00. The highest BCUT2D eigenvalue weighted by Crippen LogP contribution is 2.29. The van der Waals surface area contributed by atoms with Crippen molar-refractivity contribution in [3.05, 3.63) is 56.4 Å². The maximum absolute atomic E-state index is 13.0. The number of thiazole rings is 1. The SMILES string of the molecule is Cc1nc(-c2c(C)c(C)nn(C)c2=O)sc1C(=O)Nc1ccc(N2CCCCCC2)cc1. The van der Waals surface area contributed by atoms with Crippen LogP contribution in [-0.2, 0) is 7.05 Å². The molecule has 8 heteroatoms. The third kappa shape index (κ3) is 4.46. The van der Waals surface area contributed by atoms with Gasteiger partial charge in [0.1, 0.15) is 9.88 Å². The topological polar surface area (TPSA) is 80.1 Å². The summed E-state index contributed by atoms with van der Waals surface area (Å²) in [5.74, 6) is -0.214. The molecule has 4 rings (SSSR count). The van der Waals surface area contributed by atoms with Gasteiger partial charge in [0, 0.05) is 31.5 Å². The number of rotatable bonds is 4. The van der Waals surface area contributed by atoms with Gasteiger partial charge in [0.25, 0.3) is 11.5 Å². The summed E-state index contributed by atoms with van der Waals surface area (Å²) in [5, 5.41) is 7.75. The van der Waals surface area contributed by atoms with Crippen molar-refractivity contribution in [2.75, 3.05) is 23.3 Å². The van der Waals surface area contributed by atoms with Crippen molar-refractivity contribution in [2.24, 2.45) is 7.05 Å². The fourth-order valence-electron chi connectivity index (χ4n) is 4.09. The number of benzene rings is 1. The Morgan fingerprint density at radius 1 is 1.00 bits per heavy atom. The molecule has 1 N–H and O–H groups in total. The minimum Gasteiger partial charge on any atom is -0.372 e. The van der Waals surface area contributed by atoms with Crippen molar-refractivity contribution in [1.82, 2.24) is 14.8 Å². The van der Waals surface area contributed by atoms with Crippen LogP contribution in [0.2, 0.25) is 0 Å². The van der Waals surface area contributed by atoms with Gasteiger partial charge in [-0.15, -0.1) is 11.3 Å². The van der Waals surface area contributed by atoms with Crippen molar-refractivity contribution < 1.29 is 4.79 Å². The van der Waals surface area contributed by atoms with Gasteiger partial charge >= 0.3 is 0 Å². The van der Waals surface area contributed by atoms with Gasteiger partial charge in [0.15, 0.2) is 0 Å². The lowest BCUT2D eigenvalue weighted by molar-refractivity contribution is 0.103. The van der Waals surface area contributed by atoms with Crippen molar-refractivity contribution >= 4 is 28.6 Å². The summed E-state index contributed by atoms with van der Waals surface area (Å²) in [6.07, 6.45) is 5.05. The molecular formula is C24H29N5O2S. The maximum atomic E-state index is 13.0. The molecule has 3 heterocycles. The van der Waals surface area contributed by atoms with E-state index in [1.54, 1.807) is 14.0 Å². The monoisotopic (exact) mass is 451 g/mol. The number of carbonyl (C=O) groups is 1. The first-order valence-corrected chi connectivity index (χ1v) is 11.9. The van der Waals surface area contributed by atoms with E-state index in [1.165, 1.54) is 47.4 Å². The molecule has 1 aliphatic heterocycles. The molecule has 0 unspecified atom stereocenters. The normalized spacial score (nSPS) is 14.3. The van der Waals surface area contributed by atoms with Crippen molar-refractivity contribution in [3.8, 4) is 10.6 Å². The summed E-state index contributed by atoms with van der Waals surface area (Å²) in [4.78, 5) is 33.1. The summed E-state index contributed by atoms with van der Waals surface area (Å²) in [7, 11) is 1.63. The molecule has 0 saturated carbocycles. The summed E-state index contributed by atoms with van der Waals surface area (Å²) in [5.41, 5.74) is 4.41. The lowest BCUT2D eigenvalue weighted by Crippen LogP contribution is -2.23. The van der Waals surface area contributed by atoms with Gasteiger partial charge < -0.3 is 10.2 Å². The van der Waals surface area contributed by atoms with Crippen LogP contribution in [0.4, 0.5) is 11.4 Å². The number of hydrogen-bond donors (Lipinski definition) is 1. The number of nitrogens with zero attached hydrogens (tertiary/aromatic N) is 4. The quantitative estimate of drug-likeness (QED) is 0.633. The Morgan fingerprint density at radius 2 is 1.66 bits per heavy atom. The molecule has 1 fully saturated rings. The van der Waals surface area contributed by atoms with Gasteiger partial charge in [-0.3, -0.25) is 9.59 Å². The zero-order valence-corrected chi connectivity index (χ0v) is 19.9. The van der Waals surface area contributed by atoms with Gasteiger partial charge in [0.05, 0.1) is 17.0 Å². The first-order valence-electron chi connectivity index (χ1n) is 11.0. The largest absolute Gasteiger partial charge is 0.372 e. The number of hydrogen-bond acceptors (Lipinski definition) is 6. The van der Waals surface area contributed by atoms with E-state index in [2.05, 4.69) is 32.4 Å². The highest BCUT2D eigenvalue weighted by atomic mass is 32.1. The van der Waals surface area contributed by atoms with E-state index in [9.17, 15) is 9.59 Å². The zero-order chi connectivity index (χ0) is 22.8. The number of anilines is 2.